The molecule has 1 aliphatic rings. The summed E-state index contributed by atoms with van der Waals surface area (Å²) in [6, 6.07) is 3.62. The maximum absolute atomic E-state index is 13.6. The van der Waals surface area contributed by atoms with Gasteiger partial charge in [-0.1, -0.05) is 13.0 Å². The van der Waals surface area contributed by atoms with Crippen molar-refractivity contribution in [1.29, 1.82) is 0 Å². The average Bonchev–Trinajstić information content (AvgIpc) is 2.42. The van der Waals surface area contributed by atoms with E-state index in [4.69, 9.17) is 4.74 Å². The molecule has 1 saturated heterocycles. The van der Waals surface area contributed by atoms with E-state index in [9.17, 15) is 13.6 Å². The third kappa shape index (κ3) is 3.16. The third-order valence-electron chi connectivity index (χ3n) is 3.20. The number of halogens is 2. The summed E-state index contributed by atoms with van der Waals surface area (Å²) in [5.41, 5.74) is -0.233. The first-order valence-corrected chi connectivity index (χ1v) is 6.45. The van der Waals surface area contributed by atoms with Crippen molar-refractivity contribution in [2.75, 3.05) is 26.2 Å². The molecule has 0 aromatic heterocycles. The fourth-order valence-electron chi connectivity index (χ4n) is 2.25. The summed E-state index contributed by atoms with van der Waals surface area (Å²) in [7, 11) is 0. The Morgan fingerprint density at radius 3 is 3.00 bits per heavy atom. The van der Waals surface area contributed by atoms with Gasteiger partial charge in [0.2, 0.25) is 0 Å². The minimum Gasteiger partial charge on any atom is -0.367 e. The lowest BCUT2D eigenvalue weighted by atomic mass is 10.0. The van der Waals surface area contributed by atoms with Crippen LogP contribution in [-0.2, 0) is 4.74 Å². The standard InChI is InChI=1S/C14H17F2NO2/c1-2-6-17-7-8-19-12(9-17)14(18)10-4-3-5-11(15)13(10)16/h3-5,12H,2,6-9H2,1H3. The van der Waals surface area contributed by atoms with Crippen LogP contribution < -0.4 is 0 Å². The smallest absolute Gasteiger partial charge is 0.195 e. The van der Waals surface area contributed by atoms with Crippen LogP contribution in [0, 0.1) is 11.6 Å². The fourth-order valence-corrected chi connectivity index (χ4v) is 2.25. The summed E-state index contributed by atoms with van der Waals surface area (Å²) in [5.74, 6) is -2.59. The number of nitrogens with zero attached hydrogens (tertiary/aromatic N) is 1. The van der Waals surface area contributed by atoms with Crippen LogP contribution in [0.1, 0.15) is 23.7 Å². The average molecular weight is 269 g/mol. The normalized spacial score (nSPS) is 20.5. The van der Waals surface area contributed by atoms with Gasteiger partial charge in [0, 0.05) is 13.1 Å². The molecule has 1 aliphatic heterocycles. The van der Waals surface area contributed by atoms with E-state index in [0.29, 0.717) is 13.2 Å². The largest absolute Gasteiger partial charge is 0.367 e. The van der Waals surface area contributed by atoms with Crippen molar-refractivity contribution in [3.8, 4) is 0 Å². The van der Waals surface area contributed by atoms with E-state index in [1.54, 1.807) is 0 Å². The lowest BCUT2D eigenvalue weighted by molar-refractivity contribution is -0.0165. The molecule has 0 amide bonds. The molecule has 1 aromatic rings. The van der Waals surface area contributed by atoms with Crippen LogP contribution in [-0.4, -0.2) is 43.0 Å². The highest BCUT2D eigenvalue weighted by molar-refractivity contribution is 6.00. The number of hydrogen-bond donors (Lipinski definition) is 0. The summed E-state index contributed by atoms with van der Waals surface area (Å²) >= 11 is 0. The Bertz CT molecular complexity index is 463. The highest BCUT2D eigenvalue weighted by atomic mass is 19.2. The molecule has 1 aromatic carbocycles. The molecule has 0 N–H and O–H groups in total. The van der Waals surface area contributed by atoms with E-state index in [0.717, 1.165) is 25.6 Å². The molecule has 0 bridgehead atoms. The number of carbonyl (C=O) groups excluding carboxylic acids is 1. The third-order valence-corrected chi connectivity index (χ3v) is 3.20. The van der Waals surface area contributed by atoms with Gasteiger partial charge < -0.3 is 4.74 Å². The second kappa shape index (κ2) is 6.21. The molecule has 1 atom stereocenters. The number of hydrogen-bond acceptors (Lipinski definition) is 3. The molecule has 1 fully saturated rings. The summed E-state index contributed by atoms with van der Waals surface area (Å²) in [4.78, 5) is 14.3. The van der Waals surface area contributed by atoms with Crippen LogP contribution in [0.4, 0.5) is 8.78 Å². The van der Waals surface area contributed by atoms with Crippen molar-refractivity contribution >= 4 is 5.78 Å². The lowest BCUT2D eigenvalue weighted by Crippen LogP contribution is -2.46. The maximum atomic E-state index is 13.6. The van der Waals surface area contributed by atoms with E-state index in [-0.39, 0.29) is 5.56 Å². The van der Waals surface area contributed by atoms with Crippen molar-refractivity contribution in [1.82, 2.24) is 4.90 Å². The van der Waals surface area contributed by atoms with Gasteiger partial charge in [-0.15, -0.1) is 0 Å². The number of morpholine rings is 1. The van der Waals surface area contributed by atoms with E-state index in [1.807, 2.05) is 0 Å². The van der Waals surface area contributed by atoms with Crippen molar-refractivity contribution < 1.29 is 18.3 Å². The Kier molecular flexibility index (Phi) is 4.61. The van der Waals surface area contributed by atoms with Gasteiger partial charge in [0.15, 0.2) is 17.4 Å². The van der Waals surface area contributed by atoms with Crippen LogP contribution in [0.3, 0.4) is 0 Å². The van der Waals surface area contributed by atoms with Crippen LogP contribution >= 0.6 is 0 Å². The molecule has 2 rings (SSSR count). The zero-order valence-electron chi connectivity index (χ0n) is 10.9. The molecule has 0 saturated carbocycles. The molecule has 3 nitrogen and oxygen atoms in total. The number of ketones is 1. The number of carbonyl (C=O) groups is 1. The molecule has 0 spiro atoms. The Labute approximate surface area is 111 Å². The number of ether oxygens (including phenoxy) is 1. The van der Waals surface area contributed by atoms with Crippen LogP contribution in [0.5, 0.6) is 0 Å². The summed E-state index contributed by atoms with van der Waals surface area (Å²) < 4.78 is 32.1. The van der Waals surface area contributed by atoms with Crippen molar-refractivity contribution in [3.63, 3.8) is 0 Å². The highest BCUT2D eigenvalue weighted by Gasteiger charge is 2.29. The Balaban J connectivity index is 2.12. The molecule has 104 valence electrons. The monoisotopic (exact) mass is 269 g/mol. The topological polar surface area (TPSA) is 29.5 Å². The zero-order chi connectivity index (χ0) is 13.8. The predicted octanol–water partition coefficient (Wildman–Crippen LogP) is 2.26. The predicted molar refractivity (Wildman–Crippen MR) is 67.2 cm³/mol. The van der Waals surface area contributed by atoms with Crippen molar-refractivity contribution in [2.24, 2.45) is 0 Å². The Morgan fingerprint density at radius 2 is 2.26 bits per heavy atom. The summed E-state index contributed by atoms with van der Waals surface area (Å²) in [6.45, 7) is 4.57. The van der Waals surface area contributed by atoms with Crippen molar-refractivity contribution in [3.05, 3.63) is 35.4 Å². The van der Waals surface area contributed by atoms with Crippen LogP contribution in [0.25, 0.3) is 0 Å². The highest BCUT2D eigenvalue weighted by Crippen LogP contribution is 2.17. The number of rotatable bonds is 4. The number of Topliss-reactive ketones (excluding diaryl/α,β-unsaturated/α-hetero) is 1. The first-order chi connectivity index (χ1) is 9.13. The molecular weight excluding hydrogens is 252 g/mol. The summed E-state index contributed by atoms with van der Waals surface area (Å²) in [5, 5.41) is 0. The van der Waals surface area contributed by atoms with E-state index in [2.05, 4.69) is 11.8 Å². The molecular formula is C14H17F2NO2. The lowest BCUT2D eigenvalue weighted by Gasteiger charge is -2.31. The molecule has 1 unspecified atom stereocenters. The second-order valence-corrected chi connectivity index (χ2v) is 4.63. The van der Waals surface area contributed by atoms with Gasteiger partial charge in [-0.3, -0.25) is 9.69 Å². The SMILES string of the molecule is CCCN1CCOC(C(=O)c2cccc(F)c2F)C1. The Morgan fingerprint density at radius 1 is 1.47 bits per heavy atom. The zero-order valence-corrected chi connectivity index (χ0v) is 10.9. The minimum atomic E-state index is -1.09. The molecule has 19 heavy (non-hydrogen) atoms. The van der Waals surface area contributed by atoms with E-state index < -0.39 is 23.5 Å². The van der Waals surface area contributed by atoms with Crippen LogP contribution in [0.15, 0.2) is 18.2 Å². The van der Waals surface area contributed by atoms with Gasteiger partial charge in [0.1, 0.15) is 6.10 Å². The van der Waals surface area contributed by atoms with Crippen LogP contribution in [0.2, 0.25) is 0 Å². The van der Waals surface area contributed by atoms with Crippen molar-refractivity contribution in [2.45, 2.75) is 19.4 Å². The van der Waals surface area contributed by atoms with Gasteiger partial charge >= 0.3 is 0 Å². The quantitative estimate of drug-likeness (QED) is 0.785. The molecule has 0 aliphatic carbocycles. The molecule has 1 heterocycles. The Hall–Kier alpha value is -1.33. The minimum absolute atomic E-state index is 0.233. The second-order valence-electron chi connectivity index (χ2n) is 4.63. The van der Waals surface area contributed by atoms with E-state index in [1.165, 1.54) is 12.1 Å². The first kappa shape index (κ1) is 14.1. The van der Waals surface area contributed by atoms with Gasteiger partial charge in [-0.05, 0) is 25.1 Å². The summed E-state index contributed by atoms with van der Waals surface area (Å²) in [6.07, 6.45) is 0.270. The van der Waals surface area contributed by atoms with Gasteiger partial charge in [0.05, 0.1) is 12.2 Å². The van der Waals surface area contributed by atoms with Gasteiger partial charge in [0.25, 0.3) is 0 Å². The maximum Gasteiger partial charge on any atom is 0.195 e. The van der Waals surface area contributed by atoms with Gasteiger partial charge in [-0.2, -0.15) is 0 Å². The van der Waals surface area contributed by atoms with Gasteiger partial charge in [-0.25, -0.2) is 8.78 Å². The van der Waals surface area contributed by atoms with E-state index >= 15 is 0 Å². The first-order valence-electron chi connectivity index (χ1n) is 6.45. The molecule has 5 heteroatoms. The fraction of sp³-hybridized carbons (Fsp3) is 0.500. The molecule has 0 radical (unpaired) electrons. The number of benzene rings is 1.